The van der Waals surface area contributed by atoms with E-state index >= 15 is 0 Å². The molecule has 1 aromatic rings. The second-order valence-corrected chi connectivity index (χ2v) is 4.23. The molecule has 3 heteroatoms. The van der Waals surface area contributed by atoms with Gasteiger partial charge in [-0.25, -0.2) is 0 Å². The van der Waals surface area contributed by atoms with Crippen LogP contribution < -0.4 is 9.47 Å². The lowest BCUT2D eigenvalue weighted by atomic mass is 10.0. The van der Waals surface area contributed by atoms with Crippen molar-refractivity contribution in [2.45, 2.75) is 33.6 Å². The van der Waals surface area contributed by atoms with Crippen molar-refractivity contribution in [3.63, 3.8) is 0 Å². The van der Waals surface area contributed by atoms with E-state index < -0.39 is 0 Å². The van der Waals surface area contributed by atoms with Gasteiger partial charge >= 0.3 is 0 Å². The van der Waals surface area contributed by atoms with Gasteiger partial charge in [-0.1, -0.05) is 19.1 Å². The van der Waals surface area contributed by atoms with E-state index in [4.69, 9.17) is 9.47 Å². The van der Waals surface area contributed by atoms with E-state index in [1.54, 1.807) is 18.2 Å². The van der Waals surface area contributed by atoms with Crippen molar-refractivity contribution in [2.75, 3.05) is 13.2 Å². The van der Waals surface area contributed by atoms with Crippen LogP contribution in [0.5, 0.6) is 11.5 Å². The number of carbonyl (C=O) groups excluding carboxylic acids is 1. The summed E-state index contributed by atoms with van der Waals surface area (Å²) in [5, 5.41) is 0. The molecule has 0 unspecified atom stereocenters. The molecule has 0 saturated heterocycles. The summed E-state index contributed by atoms with van der Waals surface area (Å²) in [6.45, 7) is 10.8. The standard InChI is InChI=1S/C16H22O3/c1-5-12(4)10-14(17)13-8-9-15(18-6-2)16(11-13)19-7-3/h8-9,11H,4-7,10H2,1-3H3. The van der Waals surface area contributed by atoms with E-state index in [1.165, 1.54) is 0 Å². The first-order valence-electron chi connectivity index (χ1n) is 6.71. The summed E-state index contributed by atoms with van der Waals surface area (Å²) in [7, 11) is 0. The number of allylic oxidation sites excluding steroid dienone is 1. The fourth-order valence-corrected chi connectivity index (χ4v) is 1.68. The summed E-state index contributed by atoms with van der Waals surface area (Å²) < 4.78 is 11.0. The van der Waals surface area contributed by atoms with E-state index in [0.29, 0.717) is 36.7 Å². The van der Waals surface area contributed by atoms with Crippen LogP contribution >= 0.6 is 0 Å². The minimum absolute atomic E-state index is 0.0656. The summed E-state index contributed by atoms with van der Waals surface area (Å²) in [4.78, 5) is 12.1. The zero-order valence-electron chi connectivity index (χ0n) is 12.0. The van der Waals surface area contributed by atoms with Crippen molar-refractivity contribution in [3.05, 3.63) is 35.9 Å². The van der Waals surface area contributed by atoms with Crippen molar-refractivity contribution < 1.29 is 14.3 Å². The number of Topliss-reactive ketones (excluding diaryl/α,β-unsaturated/α-hetero) is 1. The highest BCUT2D eigenvalue weighted by molar-refractivity contribution is 5.98. The normalized spacial score (nSPS) is 10.1. The van der Waals surface area contributed by atoms with Crippen LogP contribution in [-0.2, 0) is 0 Å². The molecule has 3 nitrogen and oxygen atoms in total. The molecule has 104 valence electrons. The maximum Gasteiger partial charge on any atom is 0.167 e. The molecule has 0 N–H and O–H groups in total. The maximum atomic E-state index is 12.1. The third-order valence-electron chi connectivity index (χ3n) is 2.78. The van der Waals surface area contributed by atoms with Gasteiger partial charge in [0.25, 0.3) is 0 Å². The molecule has 19 heavy (non-hydrogen) atoms. The monoisotopic (exact) mass is 262 g/mol. The van der Waals surface area contributed by atoms with Gasteiger partial charge in [0, 0.05) is 12.0 Å². The Hall–Kier alpha value is -1.77. The number of hydrogen-bond donors (Lipinski definition) is 0. The number of ketones is 1. The number of carbonyl (C=O) groups is 1. The average Bonchev–Trinajstić information content (AvgIpc) is 2.41. The van der Waals surface area contributed by atoms with Crippen LogP contribution in [-0.4, -0.2) is 19.0 Å². The molecule has 1 aromatic carbocycles. The summed E-state index contributed by atoms with van der Waals surface area (Å²) in [6.07, 6.45) is 1.21. The first-order chi connectivity index (χ1) is 9.12. The first kappa shape index (κ1) is 15.3. The van der Waals surface area contributed by atoms with Gasteiger partial charge in [0.2, 0.25) is 0 Å². The molecule has 0 bridgehead atoms. The highest BCUT2D eigenvalue weighted by Crippen LogP contribution is 2.29. The molecule has 0 aliphatic heterocycles. The minimum Gasteiger partial charge on any atom is -0.490 e. The van der Waals surface area contributed by atoms with Crippen LogP contribution in [0.2, 0.25) is 0 Å². The van der Waals surface area contributed by atoms with Crippen molar-refractivity contribution >= 4 is 5.78 Å². The van der Waals surface area contributed by atoms with E-state index in [9.17, 15) is 4.79 Å². The second kappa shape index (κ2) is 7.62. The molecule has 0 atom stereocenters. The maximum absolute atomic E-state index is 12.1. The lowest BCUT2D eigenvalue weighted by Gasteiger charge is -2.12. The summed E-state index contributed by atoms with van der Waals surface area (Å²) in [5.41, 5.74) is 1.58. The molecule has 0 fully saturated rings. The Labute approximate surface area is 115 Å². The van der Waals surface area contributed by atoms with Gasteiger partial charge in [-0.3, -0.25) is 4.79 Å². The minimum atomic E-state index is 0.0656. The predicted octanol–water partition coefficient (Wildman–Crippen LogP) is 4.02. The van der Waals surface area contributed by atoms with Gasteiger partial charge in [-0.15, -0.1) is 0 Å². The number of benzene rings is 1. The van der Waals surface area contributed by atoms with Crippen LogP contribution in [0.25, 0.3) is 0 Å². The topological polar surface area (TPSA) is 35.5 Å². The molecule has 0 aromatic heterocycles. The van der Waals surface area contributed by atoms with Crippen molar-refractivity contribution in [1.82, 2.24) is 0 Å². The Balaban J connectivity index is 2.93. The average molecular weight is 262 g/mol. The highest BCUT2D eigenvalue weighted by Gasteiger charge is 2.12. The summed E-state index contributed by atoms with van der Waals surface area (Å²) in [6, 6.07) is 5.31. The largest absolute Gasteiger partial charge is 0.490 e. The number of ether oxygens (including phenoxy) is 2. The summed E-state index contributed by atoms with van der Waals surface area (Å²) in [5.74, 6) is 1.36. The quantitative estimate of drug-likeness (QED) is 0.524. The smallest absolute Gasteiger partial charge is 0.167 e. The Bertz CT molecular complexity index is 449. The van der Waals surface area contributed by atoms with E-state index in [1.807, 2.05) is 20.8 Å². The molecule has 1 rings (SSSR count). The fourth-order valence-electron chi connectivity index (χ4n) is 1.68. The van der Waals surface area contributed by atoms with Gasteiger partial charge in [0.05, 0.1) is 13.2 Å². The van der Waals surface area contributed by atoms with E-state index in [2.05, 4.69) is 6.58 Å². The lowest BCUT2D eigenvalue weighted by Crippen LogP contribution is -2.03. The number of hydrogen-bond acceptors (Lipinski definition) is 3. The van der Waals surface area contributed by atoms with Crippen LogP contribution in [0.3, 0.4) is 0 Å². The fraction of sp³-hybridized carbons (Fsp3) is 0.438. The van der Waals surface area contributed by atoms with Crippen LogP contribution in [0, 0.1) is 0 Å². The molecule has 0 spiro atoms. The Morgan fingerprint density at radius 1 is 1.11 bits per heavy atom. The van der Waals surface area contributed by atoms with Crippen molar-refractivity contribution in [3.8, 4) is 11.5 Å². The third-order valence-corrected chi connectivity index (χ3v) is 2.78. The van der Waals surface area contributed by atoms with E-state index in [-0.39, 0.29) is 5.78 Å². The van der Waals surface area contributed by atoms with Crippen LogP contribution in [0.15, 0.2) is 30.4 Å². The molecule has 0 aliphatic rings. The summed E-state index contributed by atoms with van der Waals surface area (Å²) >= 11 is 0. The predicted molar refractivity (Wildman–Crippen MR) is 77.2 cm³/mol. The van der Waals surface area contributed by atoms with Gasteiger partial charge in [0.15, 0.2) is 17.3 Å². The van der Waals surface area contributed by atoms with E-state index in [0.717, 1.165) is 12.0 Å². The molecule has 0 radical (unpaired) electrons. The van der Waals surface area contributed by atoms with Crippen molar-refractivity contribution in [1.29, 1.82) is 0 Å². The third kappa shape index (κ3) is 4.43. The van der Waals surface area contributed by atoms with Gasteiger partial charge in [-0.05, 0) is 38.5 Å². The zero-order chi connectivity index (χ0) is 14.3. The van der Waals surface area contributed by atoms with Gasteiger partial charge in [0.1, 0.15) is 0 Å². The Kier molecular flexibility index (Phi) is 6.13. The molecule has 0 aliphatic carbocycles. The Morgan fingerprint density at radius 2 is 1.74 bits per heavy atom. The SMILES string of the molecule is C=C(CC)CC(=O)c1ccc(OCC)c(OCC)c1. The molecule has 0 saturated carbocycles. The van der Waals surface area contributed by atoms with Crippen LogP contribution in [0.4, 0.5) is 0 Å². The van der Waals surface area contributed by atoms with Gasteiger partial charge < -0.3 is 9.47 Å². The second-order valence-electron chi connectivity index (χ2n) is 4.23. The van der Waals surface area contributed by atoms with Gasteiger partial charge in [-0.2, -0.15) is 0 Å². The lowest BCUT2D eigenvalue weighted by molar-refractivity contribution is 0.0992. The highest BCUT2D eigenvalue weighted by atomic mass is 16.5. The number of rotatable bonds is 8. The molecule has 0 heterocycles. The molecule has 0 amide bonds. The zero-order valence-corrected chi connectivity index (χ0v) is 12.0. The first-order valence-corrected chi connectivity index (χ1v) is 6.71. The molecular formula is C16H22O3. The van der Waals surface area contributed by atoms with Crippen LogP contribution in [0.1, 0.15) is 44.0 Å². The van der Waals surface area contributed by atoms with Crippen molar-refractivity contribution in [2.24, 2.45) is 0 Å². The molecular weight excluding hydrogens is 240 g/mol. The Morgan fingerprint density at radius 3 is 2.32 bits per heavy atom.